The summed E-state index contributed by atoms with van der Waals surface area (Å²) in [4.78, 5) is 29.8. The normalized spacial score (nSPS) is 10.2. The lowest BCUT2D eigenvalue weighted by Crippen LogP contribution is -2.27. The Morgan fingerprint density at radius 1 is 1.57 bits per heavy atom. The number of carbonyl (C=O) groups excluding carboxylic acids is 2. The van der Waals surface area contributed by atoms with E-state index in [1.54, 1.807) is 0 Å². The molecule has 8 nitrogen and oxygen atoms in total. The van der Waals surface area contributed by atoms with Gasteiger partial charge in [-0.25, -0.2) is 4.79 Å². The fourth-order valence-corrected chi connectivity index (χ4v) is 0.337. The number of carbonyl (C=O) groups is 2. The van der Waals surface area contributed by atoms with Gasteiger partial charge in [-0.2, -0.15) is 10.3 Å². The van der Waals surface area contributed by atoms with Crippen molar-refractivity contribution in [3.05, 3.63) is 0 Å². The molecule has 0 bridgehead atoms. The molecule has 0 radical (unpaired) electrons. The van der Waals surface area contributed by atoms with Crippen LogP contribution in [-0.4, -0.2) is 36.9 Å². The van der Waals surface area contributed by atoms with Gasteiger partial charge in [-0.1, -0.05) is 5.16 Å². The van der Waals surface area contributed by atoms with Crippen LogP contribution in [0.5, 0.6) is 0 Å². The molecule has 2 amide bonds. The van der Waals surface area contributed by atoms with E-state index in [9.17, 15) is 9.59 Å². The Morgan fingerprint density at radius 3 is 2.50 bits per heavy atom. The van der Waals surface area contributed by atoms with Gasteiger partial charge in [0.05, 0.1) is 7.11 Å². The van der Waals surface area contributed by atoms with Crippen LogP contribution in [0.15, 0.2) is 5.16 Å². The summed E-state index contributed by atoms with van der Waals surface area (Å²) in [6.45, 7) is 0. The fourth-order valence-electron chi connectivity index (χ4n) is 0.337. The van der Waals surface area contributed by atoms with E-state index in [1.807, 2.05) is 0 Å². The van der Waals surface area contributed by atoms with Crippen LogP contribution in [-0.2, 0) is 14.5 Å². The molecule has 0 saturated carbocycles. The number of oxime groups is 1. The summed E-state index contributed by atoms with van der Waals surface area (Å²) >= 11 is 0. The van der Waals surface area contributed by atoms with Crippen LogP contribution in [0.3, 0.4) is 0 Å². The molecule has 0 unspecified atom stereocenters. The number of nitriles is 1. The number of nitrogens with two attached hydrogens (primary N) is 1. The van der Waals surface area contributed by atoms with Gasteiger partial charge in [0.15, 0.2) is 0 Å². The van der Waals surface area contributed by atoms with Gasteiger partial charge in [0.1, 0.15) is 6.07 Å². The van der Waals surface area contributed by atoms with Crippen LogP contribution in [0.25, 0.3) is 0 Å². The van der Waals surface area contributed by atoms with Crippen molar-refractivity contribution in [2.75, 3.05) is 14.2 Å². The molecule has 14 heavy (non-hydrogen) atoms. The van der Waals surface area contributed by atoms with Gasteiger partial charge >= 0.3 is 6.09 Å². The Balaban J connectivity index is 4.35. The molecular formula is C6H8N4O4. The molecule has 0 aliphatic rings. The van der Waals surface area contributed by atoms with Gasteiger partial charge in [-0.15, -0.1) is 0 Å². The first-order chi connectivity index (χ1) is 6.52. The third kappa shape index (κ3) is 3.51. The van der Waals surface area contributed by atoms with E-state index in [0.29, 0.717) is 5.06 Å². The second-order valence-corrected chi connectivity index (χ2v) is 1.95. The van der Waals surface area contributed by atoms with E-state index in [4.69, 9.17) is 11.0 Å². The molecule has 0 aromatic carbocycles. The molecule has 0 atom stereocenters. The van der Waals surface area contributed by atoms with Gasteiger partial charge in [0.25, 0.3) is 5.91 Å². The predicted molar refractivity (Wildman–Crippen MR) is 43.5 cm³/mol. The van der Waals surface area contributed by atoms with Crippen LogP contribution in [0, 0.1) is 11.3 Å². The number of hydroxylamine groups is 2. The maximum absolute atomic E-state index is 10.8. The summed E-state index contributed by atoms with van der Waals surface area (Å²) < 4.78 is 0. The van der Waals surface area contributed by atoms with E-state index in [-0.39, 0.29) is 0 Å². The highest BCUT2D eigenvalue weighted by molar-refractivity contribution is 6.44. The number of hydrogen-bond donors (Lipinski definition) is 1. The molecule has 0 heterocycles. The van der Waals surface area contributed by atoms with Crippen molar-refractivity contribution in [1.82, 2.24) is 5.06 Å². The second kappa shape index (κ2) is 5.50. The van der Waals surface area contributed by atoms with Crippen molar-refractivity contribution in [3.63, 3.8) is 0 Å². The summed E-state index contributed by atoms with van der Waals surface area (Å²) in [5.74, 6) is -1.08. The van der Waals surface area contributed by atoms with Crippen LogP contribution >= 0.6 is 0 Å². The van der Waals surface area contributed by atoms with Crippen molar-refractivity contribution in [2.45, 2.75) is 0 Å². The van der Waals surface area contributed by atoms with Gasteiger partial charge in [0.2, 0.25) is 5.71 Å². The largest absolute Gasteiger partial charge is 0.459 e. The van der Waals surface area contributed by atoms with Gasteiger partial charge < -0.3 is 5.73 Å². The minimum Gasteiger partial charge on any atom is -0.364 e. The van der Waals surface area contributed by atoms with E-state index in [2.05, 4.69) is 14.8 Å². The molecule has 0 aromatic heterocycles. The zero-order chi connectivity index (χ0) is 11.1. The second-order valence-electron chi connectivity index (χ2n) is 1.95. The predicted octanol–water partition coefficient (Wildman–Crippen LogP) is -1.02. The highest BCUT2D eigenvalue weighted by Gasteiger charge is 2.12. The molecule has 8 heteroatoms. The van der Waals surface area contributed by atoms with Crippen molar-refractivity contribution in [1.29, 1.82) is 5.26 Å². The lowest BCUT2D eigenvalue weighted by atomic mass is 10.4. The highest BCUT2D eigenvalue weighted by Crippen LogP contribution is 1.90. The minimum absolute atomic E-state index is 0.706. The van der Waals surface area contributed by atoms with Crippen LogP contribution in [0.2, 0.25) is 0 Å². The summed E-state index contributed by atoms with van der Waals surface area (Å²) in [5.41, 5.74) is 4.01. The summed E-state index contributed by atoms with van der Waals surface area (Å²) in [7, 11) is 2.48. The smallest absolute Gasteiger partial charge is 0.364 e. The van der Waals surface area contributed by atoms with E-state index >= 15 is 0 Å². The summed E-state index contributed by atoms with van der Waals surface area (Å²) in [6.07, 6.45) is -0.985. The lowest BCUT2D eigenvalue weighted by molar-refractivity contribution is -0.112. The highest BCUT2D eigenvalue weighted by atomic mass is 16.8. The third-order valence-electron chi connectivity index (χ3n) is 1.09. The van der Waals surface area contributed by atoms with Crippen LogP contribution in [0.1, 0.15) is 0 Å². The van der Waals surface area contributed by atoms with Crippen molar-refractivity contribution < 1.29 is 19.3 Å². The number of amides is 2. The average molecular weight is 200 g/mol. The standard InChI is InChI=1S/C6H8N4O4/c1-10(13-2)6(12)14-9-4(3-7)5(8)11/h1-2H3,(H2,8,11). The maximum atomic E-state index is 10.8. The molecule has 0 aromatic rings. The Hall–Kier alpha value is -2.14. The molecule has 0 fully saturated rings. The third-order valence-corrected chi connectivity index (χ3v) is 1.09. The molecule has 0 spiro atoms. The number of primary amides is 1. The lowest BCUT2D eigenvalue weighted by Gasteiger charge is -2.09. The first-order valence-corrected chi connectivity index (χ1v) is 3.29. The molecule has 0 aliphatic carbocycles. The first kappa shape index (κ1) is 11.9. The van der Waals surface area contributed by atoms with Crippen molar-refractivity contribution in [2.24, 2.45) is 10.9 Å². The van der Waals surface area contributed by atoms with Gasteiger partial charge in [-0.05, 0) is 0 Å². The monoisotopic (exact) mass is 200 g/mol. The molecule has 76 valence electrons. The number of rotatable bonds is 3. The topological polar surface area (TPSA) is 118 Å². The summed E-state index contributed by atoms with van der Waals surface area (Å²) in [5, 5.41) is 11.9. The zero-order valence-electron chi connectivity index (χ0n) is 7.55. The Bertz CT molecular complexity index is 305. The fraction of sp³-hybridized carbons (Fsp3) is 0.333. The maximum Gasteiger partial charge on any atom is 0.459 e. The molecule has 0 rings (SSSR count). The van der Waals surface area contributed by atoms with Gasteiger partial charge in [0, 0.05) is 7.05 Å². The Kier molecular flexibility index (Phi) is 4.66. The summed E-state index contributed by atoms with van der Waals surface area (Å²) in [6, 6.07) is 1.35. The SMILES string of the molecule is CON(C)C(=O)ON=C(C#N)C(N)=O. The van der Waals surface area contributed by atoms with Crippen LogP contribution in [0.4, 0.5) is 4.79 Å². The molecule has 0 aliphatic heterocycles. The van der Waals surface area contributed by atoms with E-state index in [0.717, 1.165) is 0 Å². The average Bonchev–Trinajstić information content (AvgIpc) is 2.16. The number of hydrogen-bond acceptors (Lipinski definition) is 6. The van der Waals surface area contributed by atoms with Crippen LogP contribution < -0.4 is 5.73 Å². The Morgan fingerprint density at radius 2 is 2.14 bits per heavy atom. The minimum atomic E-state index is -1.08. The van der Waals surface area contributed by atoms with E-state index < -0.39 is 17.7 Å². The van der Waals surface area contributed by atoms with Crippen molar-refractivity contribution in [3.8, 4) is 6.07 Å². The first-order valence-electron chi connectivity index (χ1n) is 3.29. The van der Waals surface area contributed by atoms with E-state index in [1.165, 1.54) is 20.2 Å². The Labute approximate surface area is 79.4 Å². The zero-order valence-corrected chi connectivity index (χ0v) is 7.55. The molecule has 0 saturated heterocycles. The molecule has 2 N–H and O–H groups in total. The van der Waals surface area contributed by atoms with Crippen molar-refractivity contribution >= 4 is 17.7 Å². The quantitative estimate of drug-likeness (QED) is 0.355. The van der Waals surface area contributed by atoms with Gasteiger partial charge in [-0.3, -0.25) is 14.5 Å². The number of nitrogens with zero attached hydrogens (tertiary/aromatic N) is 3. The molecular weight excluding hydrogens is 192 g/mol.